The Balaban J connectivity index is 1.73. The van der Waals surface area contributed by atoms with Crippen molar-refractivity contribution < 1.29 is 19.1 Å². The lowest BCUT2D eigenvalue weighted by atomic mass is 10.1. The summed E-state index contributed by atoms with van der Waals surface area (Å²) < 4.78 is 10.7. The van der Waals surface area contributed by atoms with Gasteiger partial charge in [0.15, 0.2) is 0 Å². The maximum atomic E-state index is 12.2. The van der Waals surface area contributed by atoms with Crippen LogP contribution in [0.4, 0.5) is 4.79 Å². The minimum absolute atomic E-state index is 0.0586. The Hall–Kier alpha value is -2.24. The molecule has 0 spiro atoms. The maximum Gasteiger partial charge on any atom is 0.409 e. The lowest BCUT2D eigenvalue weighted by Crippen LogP contribution is -2.50. The average Bonchev–Trinajstić information content (AvgIpc) is 2.57. The normalized spacial score (nSPS) is 14.5. The predicted molar refractivity (Wildman–Crippen MR) is 91.2 cm³/mol. The van der Waals surface area contributed by atoms with Crippen molar-refractivity contribution in [3.05, 3.63) is 29.3 Å². The van der Waals surface area contributed by atoms with Gasteiger partial charge < -0.3 is 19.3 Å². The van der Waals surface area contributed by atoms with Crippen molar-refractivity contribution in [2.24, 2.45) is 0 Å². The van der Waals surface area contributed by atoms with Crippen LogP contribution in [-0.4, -0.2) is 61.2 Å². The lowest BCUT2D eigenvalue weighted by molar-refractivity contribution is -0.133. The quantitative estimate of drug-likeness (QED) is 0.829. The number of aryl methyl sites for hydroxylation is 2. The highest BCUT2D eigenvalue weighted by Crippen LogP contribution is 2.19. The van der Waals surface area contributed by atoms with Crippen molar-refractivity contribution in [3.8, 4) is 5.75 Å². The third-order valence-electron chi connectivity index (χ3n) is 4.06. The predicted octanol–water partition coefficient (Wildman–Crippen LogP) is 2.37. The van der Waals surface area contributed by atoms with Crippen molar-refractivity contribution >= 4 is 12.0 Å². The molecule has 0 N–H and O–H groups in total. The van der Waals surface area contributed by atoms with E-state index >= 15 is 0 Å². The van der Waals surface area contributed by atoms with Crippen LogP contribution in [-0.2, 0) is 9.53 Å². The van der Waals surface area contributed by atoms with E-state index in [1.54, 1.807) is 16.7 Å². The highest BCUT2D eigenvalue weighted by atomic mass is 16.6. The first-order chi connectivity index (χ1) is 11.5. The van der Waals surface area contributed by atoms with Crippen LogP contribution in [0.3, 0.4) is 0 Å². The van der Waals surface area contributed by atoms with E-state index in [9.17, 15) is 9.59 Å². The summed E-state index contributed by atoms with van der Waals surface area (Å²) >= 11 is 0. The SMILES string of the molecule is CCOC(=O)N1CCN(C(=O)CCOc2ccc(C)cc2C)CC1. The average molecular weight is 334 g/mol. The zero-order valence-corrected chi connectivity index (χ0v) is 14.7. The molecule has 132 valence electrons. The van der Waals surface area contributed by atoms with E-state index in [0.717, 1.165) is 11.3 Å². The van der Waals surface area contributed by atoms with E-state index in [2.05, 4.69) is 6.07 Å². The molecule has 1 fully saturated rings. The number of rotatable bonds is 5. The van der Waals surface area contributed by atoms with E-state index in [4.69, 9.17) is 9.47 Å². The van der Waals surface area contributed by atoms with Crippen molar-refractivity contribution in [3.63, 3.8) is 0 Å². The first-order valence-electron chi connectivity index (χ1n) is 8.40. The smallest absolute Gasteiger partial charge is 0.409 e. The third-order valence-corrected chi connectivity index (χ3v) is 4.06. The van der Waals surface area contributed by atoms with Crippen LogP contribution in [0.15, 0.2) is 18.2 Å². The molecule has 0 saturated carbocycles. The zero-order valence-electron chi connectivity index (χ0n) is 14.7. The van der Waals surface area contributed by atoms with E-state index in [0.29, 0.717) is 45.8 Å². The fourth-order valence-corrected chi connectivity index (χ4v) is 2.72. The summed E-state index contributed by atoms with van der Waals surface area (Å²) in [6, 6.07) is 6.00. The topological polar surface area (TPSA) is 59.1 Å². The molecule has 2 amide bonds. The maximum absolute atomic E-state index is 12.2. The summed E-state index contributed by atoms with van der Waals surface area (Å²) in [5.41, 5.74) is 2.26. The molecule has 1 aromatic carbocycles. The molecular weight excluding hydrogens is 308 g/mol. The molecule has 1 aromatic rings. The van der Waals surface area contributed by atoms with Gasteiger partial charge in [-0.25, -0.2) is 4.79 Å². The fraction of sp³-hybridized carbons (Fsp3) is 0.556. The van der Waals surface area contributed by atoms with Gasteiger partial charge in [0.05, 0.1) is 19.6 Å². The molecule has 0 radical (unpaired) electrons. The Morgan fingerprint density at radius 1 is 1.08 bits per heavy atom. The van der Waals surface area contributed by atoms with Crippen molar-refractivity contribution in [1.82, 2.24) is 9.80 Å². The van der Waals surface area contributed by atoms with Crippen LogP contribution in [0.25, 0.3) is 0 Å². The second kappa shape index (κ2) is 8.57. The Kier molecular flexibility index (Phi) is 6.46. The van der Waals surface area contributed by atoms with Crippen LogP contribution < -0.4 is 4.74 Å². The van der Waals surface area contributed by atoms with Crippen LogP contribution in [0.2, 0.25) is 0 Å². The summed E-state index contributed by atoms with van der Waals surface area (Å²) in [6.07, 6.45) is 0.0370. The van der Waals surface area contributed by atoms with E-state index < -0.39 is 0 Å². The Morgan fingerprint density at radius 2 is 1.75 bits per heavy atom. The first kappa shape index (κ1) is 18.1. The number of hydrogen-bond donors (Lipinski definition) is 0. The van der Waals surface area contributed by atoms with Gasteiger partial charge in [0.1, 0.15) is 5.75 Å². The Bertz CT molecular complexity index is 580. The standard InChI is InChI=1S/C18H26N2O4/c1-4-23-18(22)20-10-8-19(9-11-20)17(21)7-12-24-16-6-5-14(2)13-15(16)3/h5-6,13H,4,7-12H2,1-3H3. The summed E-state index contributed by atoms with van der Waals surface area (Å²) in [7, 11) is 0. The number of piperazine rings is 1. The molecule has 6 heteroatoms. The summed E-state index contributed by atoms with van der Waals surface area (Å²) in [5, 5.41) is 0. The highest BCUT2D eigenvalue weighted by molar-refractivity contribution is 5.77. The Morgan fingerprint density at radius 3 is 2.38 bits per heavy atom. The van der Waals surface area contributed by atoms with Gasteiger partial charge in [-0.15, -0.1) is 0 Å². The summed E-state index contributed by atoms with van der Waals surface area (Å²) in [4.78, 5) is 27.3. The first-order valence-corrected chi connectivity index (χ1v) is 8.40. The number of hydrogen-bond acceptors (Lipinski definition) is 4. The number of benzene rings is 1. The van der Waals surface area contributed by atoms with E-state index in [-0.39, 0.29) is 12.0 Å². The molecule has 1 heterocycles. The monoisotopic (exact) mass is 334 g/mol. The number of carbonyl (C=O) groups excluding carboxylic acids is 2. The molecule has 0 atom stereocenters. The molecule has 0 bridgehead atoms. The van der Waals surface area contributed by atoms with Gasteiger partial charge in [0, 0.05) is 26.2 Å². The number of nitrogens with zero attached hydrogens (tertiary/aromatic N) is 2. The van der Waals surface area contributed by atoms with Gasteiger partial charge in [0.2, 0.25) is 5.91 Å². The zero-order chi connectivity index (χ0) is 17.5. The van der Waals surface area contributed by atoms with Crippen LogP contribution in [0.1, 0.15) is 24.5 Å². The molecule has 1 aliphatic heterocycles. The van der Waals surface area contributed by atoms with Crippen LogP contribution >= 0.6 is 0 Å². The van der Waals surface area contributed by atoms with Gasteiger partial charge in [-0.3, -0.25) is 4.79 Å². The minimum Gasteiger partial charge on any atom is -0.493 e. The molecule has 1 saturated heterocycles. The lowest BCUT2D eigenvalue weighted by Gasteiger charge is -2.34. The molecule has 1 aliphatic rings. The van der Waals surface area contributed by atoms with Crippen LogP contribution in [0, 0.1) is 13.8 Å². The number of carbonyl (C=O) groups is 2. The molecule has 0 unspecified atom stereocenters. The van der Waals surface area contributed by atoms with Crippen molar-refractivity contribution in [1.29, 1.82) is 0 Å². The summed E-state index contributed by atoms with van der Waals surface area (Å²) in [6.45, 7) is 8.67. The highest BCUT2D eigenvalue weighted by Gasteiger charge is 2.24. The van der Waals surface area contributed by atoms with E-state index in [1.807, 2.05) is 26.0 Å². The Labute approximate surface area is 143 Å². The van der Waals surface area contributed by atoms with Crippen molar-refractivity contribution in [2.75, 3.05) is 39.4 Å². The number of amides is 2. The second-order valence-corrected chi connectivity index (χ2v) is 5.93. The number of ether oxygens (including phenoxy) is 2. The van der Waals surface area contributed by atoms with Gasteiger partial charge in [-0.2, -0.15) is 0 Å². The van der Waals surface area contributed by atoms with Gasteiger partial charge >= 0.3 is 6.09 Å². The molecule has 2 rings (SSSR count). The molecular formula is C18H26N2O4. The van der Waals surface area contributed by atoms with E-state index in [1.165, 1.54) is 5.56 Å². The molecule has 0 aromatic heterocycles. The summed E-state index contributed by atoms with van der Waals surface area (Å²) in [5.74, 6) is 0.879. The van der Waals surface area contributed by atoms with Gasteiger partial charge in [-0.1, -0.05) is 17.7 Å². The molecule has 0 aliphatic carbocycles. The van der Waals surface area contributed by atoms with Crippen LogP contribution in [0.5, 0.6) is 5.75 Å². The third kappa shape index (κ3) is 4.88. The fourth-order valence-electron chi connectivity index (χ4n) is 2.72. The minimum atomic E-state index is -0.303. The largest absolute Gasteiger partial charge is 0.493 e. The van der Waals surface area contributed by atoms with Gasteiger partial charge in [-0.05, 0) is 32.4 Å². The van der Waals surface area contributed by atoms with Gasteiger partial charge in [0.25, 0.3) is 0 Å². The second-order valence-electron chi connectivity index (χ2n) is 5.93. The van der Waals surface area contributed by atoms with Crippen molar-refractivity contribution in [2.45, 2.75) is 27.2 Å². The molecule has 6 nitrogen and oxygen atoms in total. The molecule has 24 heavy (non-hydrogen) atoms.